The van der Waals surface area contributed by atoms with Gasteiger partial charge in [-0.05, 0) is 26.0 Å². The normalized spacial score (nSPS) is 16.4. The molecular formula is C20H26N2O3. The van der Waals surface area contributed by atoms with Crippen LogP contribution in [0.15, 0.2) is 29.3 Å². The Morgan fingerprint density at radius 3 is 2.72 bits per heavy atom. The number of nitrogens with zero attached hydrogens (tertiary/aromatic N) is 2. The van der Waals surface area contributed by atoms with Crippen molar-refractivity contribution >= 4 is 0 Å². The van der Waals surface area contributed by atoms with E-state index in [0.717, 1.165) is 34.7 Å². The van der Waals surface area contributed by atoms with E-state index in [1.54, 1.807) is 17.0 Å². The summed E-state index contributed by atoms with van der Waals surface area (Å²) in [6.07, 6.45) is 2.68. The van der Waals surface area contributed by atoms with Gasteiger partial charge in [0.25, 0.3) is 5.56 Å². The van der Waals surface area contributed by atoms with Gasteiger partial charge in [0.2, 0.25) is 0 Å². The minimum absolute atomic E-state index is 0.0582. The Labute approximate surface area is 148 Å². The summed E-state index contributed by atoms with van der Waals surface area (Å²) in [5.41, 5.74) is 2.68. The molecule has 3 rings (SSSR count). The third-order valence-electron chi connectivity index (χ3n) is 4.37. The molecule has 1 unspecified atom stereocenters. The average molecular weight is 342 g/mol. The van der Waals surface area contributed by atoms with Crippen LogP contribution in [0.25, 0.3) is 0 Å². The highest BCUT2D eigenvalue weighted by atomic mass is 16.5. The number of fused-ring (bicyclic) bond motifs is 1. The number of benzene rings is 1. The Morgan fingerprint density at radius 1 is 1.32 bits per heavy atom. The van der Waals surface area contributed by atoms with E-state index < -0.39 is 0 Å². The molecule has 2 aromatic rings. The third-order valence-corrected chi connectivity index (χ3v) is 4.37. The maximum absolute atomic E-state index is 12.5. The molecule has 0 amide bonds. The largest absolute Gasteiger partial charge is 0.494 e. The molecular weight excluding hydrogens is 316 g/mol. The van der Waals surface area contributed by atoms with E-state index in [1.807, 2.05) is 39.8 Å². The predicted molar refractivity (Wildman–Crippen MR) is 97.7 cm³/mol. The fourth-order valence-corrected chi connectivity index (χ4v) is 3.03. The lowest BCUT2D eigenvalue weighted by atomic mass is 9.92. The second-order valence-electron chi connectivity index (χ2n) is 7.62. The molecule has 1 atom stereocenters. The van der Waals surface area contributed by atoms with Crippen LogP contribution in [-0.2, 0) is 18.4 Å². The van der Waals surface area contributed by atoms with Gasteiger partial charge in [-0.15, -0.1) is 0 Å². The minimum Gasteiger partial charge on any atom is -0.494 e. The van der Waals surface area contributed by atoms with Gasteiger partial charge in [-0.3, -0.25) is 9.36 Å². The predicted octanol–water partition coefficient (Wildman–Crippen LogP) is 3.31. The van der Waals surface area contributed by atoms with Gasteiger partial charge in [0.1, 0.15) is 17.6 Å². The summed E-state index contributed by atoms with van der Waals surface area (Å²) in [5.74, 6) is 1.70. The monoisotopic (exact) mass is 342 g/mol. The molecule has 1 aromatic heterocycles. The number of hydrogen-bond donors (Lipinski definition) is 0. The Morgan fingerprint density at radius 2 is 2.08 bits per heavy atom. The molecule has 0 fully saturated rings. The highest BCUT2D eigenvalue weighted by molar-refractivity contribution is 5.48. The van der Waals surface area contributed by atoms with Gasteiger partial charge >= 0.3 is 0 Å². The van der Waals surface area contributed by atoms with Gasteiger partial charge in [0, 0.05) is 29.0 Å². The summed E-state index contributed by atoms with van der Waals surface area (Å²) in [6.45, 7) is 11.2. The van der Waals surface area contributed by atoms with Crippen LogP contribution in [0.3, 0.4) is 0 Å². The van der Waals surface area contributed by atoms with Crippen molar-refractivity contribution in [1.82, 2.24) is 9.55 Å². The van der Waals surface area contributed by atoms with Crippen LogP contribution >= 0.6 is 0 Å². The topological polar surface area (TPSA) is 53.4 Å². The molecule has 2 heterocycles. The van der Waals surface area contributed by atoms with E-state index in [2.05, 4.69) is 11.9 Å². The van der Waals surface area contributed by atoms with Gasteiger partial charge in [-0.1, -0.05) is 20.8 Å². The quantitative estimate of drug-likeness (QED) is 0.855. The SMILES string of the molecule is CCOc1cc2c(cc1Cn1cnc(C(C)(C)C)cc1=O)OC(C)C2. The molecule has 0 saturated heterocycles. The molecule has 0 bridgehead atoms. The van der Waals surface area contributed by atoms with Crippen LogP contribution < -0.4 is 15.0 Å². The first-order valence-corrected chi connectivity index (χ1v) is 8.80. The van der Waals surface area contributed by atoms with E-state index in [1.165, 1.54) is 0 Å². The highest BCUT2D eigenvalue weighted by Gasteiger charge is 2.22. The molecule has 0 N–H and O–H groups in total. The van der Waals surface area contributed by atoms with Crippen LogP contribution in [0.2, 0.25) is 0 Å². The van der Waals surface area contributed by atoms with Crippen molar-refractivity contribution in [1.29, 1.82) is 0 Å². The molecule has 0 aliphatic carbocycles. The lowest BCUT2D eigenvalue weighted by Gasteiger charge is -2.18. The summed E-state index contributed by atoms with van der Waals surface area (Å²) >= 11 is 0. The van der Waals surface area contributed by atoms with Gasteiger partial charge in [-0.2, -0.15) is 0 Å². The van der Waals surface area contributed by atoms with Crippen molar-refractivity contribution in [2.45, 2.75) is 59.1 Å². The molecule has 0 spiro atoms. The molecule has 5 heteroatoms. The van der Waals surface area contributed by atoms with Crippen molar-refractivity contribution in [3.63, 3.8) is 0 Å². The first kappa shape index (κ1) is 17.5. The Bertz CT molecular complexity index is 834. The number of hydrogen-bond acceptors (Lipinski definition) is 4. The fourth-order valence-electron chi connectivity index (χ4n) is 3.03. The fraction of sp³-hybridized carbons (Fsp3) is 0.500. The van der Waals surface area contributed by atoms with E-state index >= 15 is 0 Å². The summed E-state index contributed by atoms with van der Waals surface area (Å²) < 4.78 is 13.3. The van der Waals surface area contributed by atoms with Gasteiger partial charge < -0.3 is 9.47 Å². The molecule has 25 heavy (non-hydrogen) atoms. The first-order valence-electron chi connectivity index (χ1n) is 8.80. The van der Waals surface area contributed by atoms with Crippen molar-refractivity contribution in [2.75, 3.05) is 6.61 Å². The van der Waals surface area contributed by atoms with E-state index in [9.17, 15) is 4.79 Å². The molecule has 134 valence electrons. The summed E-state index contributed by atoms with van der Waals surface area (Å²) in [5, 5.41) is 0. The molecule has 0 radical (unpaired) electrons. The van der Waals surface area contributed by atoms with Crippen LogP contribution in [0.1, 0.15) is 51.4 Å². The molecule has 1 aliphatic rings. The highest BCUT2D eigenvalue weighted by Crippen LogP contribution is 2.35. The van der Waals surface area contributed by atoms with Crippen LogP contribution in [0.4, 0.5) is 0 Å². The maximum Gasteiger partial charge on any atom is 0.253 e. The lowest BCUT2D eigenvalue weighted by molar-refractivity contribution is 0.254. The molecule has 1 aliphatic heterocycles. The first-order chi connectivity index (χ1) is 11.8. The molecule has 5 nitrogen and oxygen atoms in total. The summed E-state index contributed by atoms with van der Waals surface area (Å²) in [6, 6.07) is 5.65. The Hall–Kier alpha value is -2.30. The summed E-state index contributed by atoms with van der Waals surface area (Å²) in [7, 11) is 0. The zero-order chi connectivity index (χ0) is 18.2. The third kappa shape index (κ3) is 3.70. The average Bonchev–Trinajstić information content (AvgIpc) is 2.87. The lowest BCUT2D eigenvalue weighted by Crippen LogP contribution is -2.25. The van der Waals surface area contributed by atoms with Crippen LogP contribution in [-0.4, -0.2) is 22.3 Å². The Kier molecular flexibility index (Phi) is 4.58. The molecule has 0 saturated carbocycles. The van der Waals surface area contributed by atoms with E-state index in [0.29, 0.717) is 13.2 Å². The summed E-state index contributed by atoms with van der Waals surface area (Å²) in [4.78, 5) is 17.0. The minimum atomic E-state index is -0.147. The van der Waals surface area contributed by atoms with Crippen molar-refractivity contribution in [3.8, 4) is 11.5 Å². The van der Waals surface area contributed by atoms with Crippen molar-refractivity contribution in [3.05, 3.63) is 51.7 Å². The number of rotatable bonds is 4. The smallest absolute Gasteiger partial charge is 0.253 e. The van der Waals surface area contributed by atoms with Gasteiger partial charge in [-0.25, -0.2) is 4.98 Å². The molecule has 1 aromatic carbocycles. The van der Waals surface area contributed by atoms with E-state index in [-0.39, 0.29) is 17.1 Å². The van der Waals surface area contributed by atoms with Gasteiger partial charge in [0.15, 0.2) is 0 Å². The standard InChI is InChI=1S/C20H26N2O3/c1-6-24-16-8-14-7-13(2)25-17(14)9-15(16)11-22-12-21-18(10-19(22)23)20(3,4)5/h8-10,12-13H,6-7,11H2,1-5H3. The number of aromatic nitrogens is 2. The maximum atomic E-state index is 12.5. The van der Waals surface area contributed by atoms with E-state index in [4.69, 9.17) is 9.47 Å². The van der Waals surface area contributed by atoms with Crippen LogP contribution in [0, 0.1) is 0 Å². The van der Waals surface area contributed by atoms with Gasteiger partial charge in [0.05, 0.1) is 25.2 Å². The second-order valence-corrected chi connectivity index (χ2v) is 7.62. The Balaban J connectivity index is 1.95. The van der Waals surface area contributed by atoms with Crippen molar-refractivity contribution in [2.24, 2.45) is 0 Å². The zero-order valence-electron chi connectivity index (χ0n) is 15.6. The zero-order valence-corrected chi connectivity index (χ0v) is 15.6. The number of ether oxygens (including phenoxy) is 2. The van der Waals surface area contributed by atoms with Crippen LogP contribution in [0.5, 0.6) is 11.5 Å². The van der Waals surface area contributed by atoms with Crippen molar-refractivity contribution < 1.29 is 9.47 Å². The second kappa shape index (κ2) is 6.54.